The van der Waals surface area contributed by atoms with Crippen LogP contribution in [0, 0.1) is 0 Å². The van der Waals surface area contributed by atoms with Crippen molar-refractivity contribution in [3.05, 3.63) is 24.3 Å². The van der Waals surface area contributed by atoms with Crippen molar-refractivity contribution in [1.82, 2.24) is 10.2 Å². The Morgan fingerprint density at radius 1 is 1.39 bits per heavy atom. The van der Waals surface area contributed by atoms with Crippen molar-refractivity contribution in [3.8, 4) is 5.75 Å². The SMILES string of the molecule is O=C(O)N1CCN[C@H](CCNc2ccc(OC(F)(F)F)cc2)C1. The lowest BCUT2D eigenvalue weighted by atomic mass is 10.1. The molecule has 1 aromatic carbocycles. The minimum atomic E-state index is -4.70. The number of anilines is 1. The van der Waals surface area contributed by atoms with Gasteiger partial charge in [0.2, 0.25) is 0 Å². The highest BCUT2D eigenvalue weighted by Crippen LogP contribution is 2.23. The van der Waals surface area contributed by atoms with Crippen LogP contribution in [0.25, 0.3) is 0 Å². The van der Waals surface area contributed by atoms with Crippen molar-refractivity contribution >= 4 is 11.8 Å². The number of alkyl halides is 3. The lowest BCUT2D eigenvalue weighted by Crippen LogP contribution is -2.52. The van der Waals surface area contributed by atoms with E-state index in [-0.39, 0.29) is 11.8 Å². The summed E-state index contributed by atoms with van der Waals surface area (Å²) >= 11 is 0. The monoisotopic (exact) mass is 333 g/mol. The number of carboxylic acid groups (broad SMARTS) is 1. The van der Waals surface area contributed by atoms with E-state index in [0.717, 1.165) is 0 Å². The third kappa shape index (κ3) is 5.85. The Morgan fingerprint density at radius 3 is 2.70 bits per heavy atom. The maximum absolute atomic E-state index is 12.0. The molecule has 1 heterocycles. The molecule has 6 nitrogen and oxygen atoms in total. The van der Waals surface area contributed by atoms with Gasteiger partial charge in [-0.3, -0.25) is 0 Å². The number of amides is 1. The lowest BCUT2D eigenvalue weighted by Gasteiger charge is -2.31. The van der Waals surface area contributed by atoms with E-state index in [4.69, 9.17) is 5.11 Å². The van der Waals surface area contributed by atoms with E-state index in [0.29, 0.717) is 38.3 Å². The lowest BCUT2D eigenvalue weighted by molar-refractivity contribution is -0.274. The zero-order chi connectivity index (χ0) is 16.9. The smallest absolute Gasteiger partial charge is 0.465 e. The summed E-state index contributed by atoms with van der Waals surface area (Å²) in [5.74, 6) is -0.269. The fraction of sp³-hybridized carbons (Fsp3) is 0.500. The van der Waals surface area contributed by atoms with E-state index in [1.807, 2.05) is 0 Å². The van der Waals surface area contributed by atoms with E-state index in [1.165, 1.54) is 29.2 Å². The average molecular weight is 333 g/mol. The Hall–Kier alpha value is -2.16. The van der Waals surface area contributed by atoms with Gasteiger partial charge in [0, 0.05) is 37.9 Å². The molecule has 0 aliphatic carbocycles. The van der Waals surface area contributed by atoms with Gasteiger partial charge in [0.25, 0.3) is 0 Å². The standard InChI is InChI=1S/C14H18F3N3O3/c15-14(16,17)23-12-3-1-10(2-4-12)18-6-5-11-9-20(13(21)22)8-7-19-11/h1-4,11,18-19H,5-9H2,(H,21,22)/t11-/m1/s1. The topological polar surface area (TPSA) is 73.8 Å². The van der Waals surface area contributed by atoms with Crippen LogP contribution in [-0.2, 0) is 0 Å². The third-order valence-corrected chi connectivity index (χ3v) is 3.44. The van der Waals surface area contributed by atoms with Gasteiger partial charge in [-0.15, -0.1) is 13.2 Å². The predicted octanol–water partition coefficient (Wildman–Crippen LogP) is 2.34. The highest BCUT2D eigenvalue weighted by atomic mass is 19.4. The molecule has 23 heavy (non-hydrogen) atoms. The molecule has 0 saturated carbocycles. The van der Waals surface area contributed by atoms with Crippen LogP contribution in [0.4, 0.5) is 23.7 Å². The molecule has 0 radical (unpaired) electrons. The minimum Gasteiger partial charge on any atom is -0.465 e. The molecule has 0 unspecified atom stereocenters. The zero-order valence-electron chi connectivity index (χ0n) is 12.3. The molecular weight excluding hydrogens is 315 g/mol. The Kier molecular flexibility index (Phi) is 5.54. The van der Waals surface area contributed by atoms with Gasteiger partial charge in [-0.05, 0) is 30.7 Å². The Balaban J connectivity index is 1.75. The maximum atomic E-state index is 12.0. The molecule has 1 amide bonds. The van der Waals surface area contributed by atoms with Crippen LogP contribution < -0.4 is 15.4 Å². The van der Waals surface area contributed by atoms with E-state index in [9.17, 15) is 18.0 Å². The summed E-state index contributed by atoms with van der Waals surface area (Å²) in [5.41, 5.74) is 0.672. The van der Waals surface area contributed by atoms with Gasteiger partial charge in [-0.25, -0.2) is 4.79 Å². The van der Waals surface area contributed by atoms with Crippen LogP contribution in [0.2, 0.25) is 0 Å². The summed E-state index contributed by atoms with van der Waals surface area (Å²) in [6.45, 7) is 2.08. The van der Waals surface area contributed by atoms with Crippen LogP contribution in [0.5, 0.6) is 5.75 Å². The first-order valence-corrected chi connectivity index (χ1v) is 7.14. The normalized spacial score (nSPS) is 18.6. The number of halogens is 3. The fourth-order valence-electron chi connectivity index (χ4n) is 2.36. The van der Waals surface area contributed by atoms with Crippen molar-refractivity contribution < 1.29 is 27.8 Å². The van der Waals surface area contributed by atoms with E-state index in [1.54, 1.807) is 0 Å². The van der Waals surface area contributed by atoms with Gasteiger partial charge >= 0.3 is 12.5 Å². The van der Waals surface area contributed by atoms with E-state index >= 15 is 0 Å². The number of carbonyl (C=O) groups is 1. The molecule has 9 heteroatoms. The molecule has 2 rings (SSSR count). The van der Waals surface area contributed by atoms with Crippen LogP contribution in [0.15, 0.2) is 24.3 Å². The second-order valence-electron chi connectivity index (χ2n) is 5.17. The molecule has 1 saturated heterocycles. The maximum Gasteiger partial charge on any atom is 0.573 e. The number of rotatable bonds is 5. The van der Waals surface area contributed by atoms with Gasteiger partial charge in [-0.2, -0.15) is 0 Å². The zero-order valence-corrected chi connectivity index (χ0v) is 12.3. The molecule has 0 bridgehead atoms. The Labute approximate surface area is 131 Å². The number of ether oxygens (including phenoxy) is 1. The molecule has 0 spiro atoms. The second-order valence-corrected chi connectivity index (χ2v) is 5.17. The molecular formula is C14H18F3N3O3. The molecule has 1 fully saturated rings. The fourth-order valence-corrected chi connectivity index (χ4v) is 2.36. The third-order valence-electron chi connectivity index (χ3n) is 3.44. The summed E-state index contributed by atoms with van der Waals surface area (Å²) in [6.07, 6.45) is -4.92. The van der Waals surface area contributed by atoms with Crippen molar-refractivity contribution in [2.24, 2.45) is 0 Å². The van der Waals surface area contributed by atoms with Crippen molar-refractivity contribution in [3.63, 3.8) is 0 Å². The molecule has 1 aromatic rings. The number of nitrogens with one attached hydrogen (secondary N) is 2. The van der Waals surface area contributed by atoms with Crippen LogP contribution >= 0.6 is 0 Å². The highest BCUT2D eigenvalue weighted by molar-refractivity contribution is 5.65. The molecule has 3 N–H and O–H groups in total. The largest absolute Gasteiger partial charge is 0.573 e. The summed E-state index contributed by atoms with van der Waals surface area (Å²) in [5, 5.41) is 15.3. The Bertz CT molecular complexity index is 522. The van der Waals surface area contributed by atoms with E-state index in [2.05, 4.69) is 15.4 Å². The van der Waals surface area contributed by atoms with Gasteiger partial charge in [0.05, 0.1) is 0 Å². The first-order chi connectivity index (χ1) is 10.8. The summed E-state index contributed by atoms with van der Waals surface area (Å²) in [6, 6.07) is 5.53. The molecule has 1 atom stereocenters. The molecule has 1 aliphatic rings. The van der Waals surface area contributed by atoms with Crippen LogP contribution in [-0.4, -0.2) is 54.7 Å². The van der Waals surface area contributed by atoms with Crippen molar-refractivity contribution in [1.29, 1.82) is 0 Å². The van der Waals surface area contributed by atoms with Gasteiger partial charge in [-0.1, -0.05) is 0 Å². The summed E-state index contributed by atoms with van der Waals surface area (Å²) in [7, 11) is 0. The van der Waals surface area contributed by atoms with Crippen molar-refractivity contribution in [2.75, 3.05) is 31.5 Å². The van der Waals surface area contributed by atoms with Gasteiger partial charge in [0.1, 0.15) is 5.75 Å². The quantitative estimate of drug-likeness (QED) is 0.771. The minimum absolute atomic E-state index is 0.0557. The van der Waals surface area contributed by atoms with Crippen LogP contribution in [0.3, 0.4) is 0 Å². The predicted molar refractivity (Wildman–Crippen MR) is 77.6 cm³/mol. The van der Waals surface area contributed by atoms with Gasteiger partial charge < -0.3 is 25.4 Å². The number of nitrogens with zero attached hydrogens (tertiary/aromatic N) is 1. The highest BCUT2D eigenvalue weighted by Gasteiger charge is 2.30. The van der Waals surface area contributed by atoms with Crippen LogP contribution in [0.1, 0.15) is 6.42 Å². The number of piperazine rings is 1. The van der Waals surface area contributed by atoms with Gasteiger partial charge in [0.15, 0.2) is 0 Å². The average Bonchev–Trinajstić information content (AvgIpc) is 2.48. The first-order valence-electron chi connectivity index (χ1n) is 7.14. The number of benzene rings is 1. The number of hydrogen-bond acceptors (Lipinski definition) is 4. The summed E-state index contributed by atoms with van der Waals surface area (Å²) < 4.78 is 39.9. The molecule has 1 aliphatic heterocycles. The molecule has 0 aromatic heterocycles. The van der Waals surface area contributed by atoms with E-state index < -0.39 is 12.5 Å². The van der Waals surface area contributed by atoms with Crippen molar-refractivity contribution in [2.45, 2.75) is 18.8 Å². The molecule has 128 valence electrons. The Morgan fingerprint density at radius 2 is 2.09 bits per heavy atom. The first kappa shape index (κ1) is 17.2. The summed E-state index contributed by atoms with van der Waals surface area (Å²) in [4.78, 5) is 12.3. The second kappa shape index (κ2) is 7.40. The number of hydrogen-bond donors (Lipinski definition) is 3.